The third-order valence-corrected chi connectivity index (χ3v) is 15.1. The Hall–Kier alpha value is -6.29. The molecule has 0 fully saturated rings. The largest absolute Gasteiger partial charge is 0.498 e. The molecule has 0 aliphatic rings. The van der Waals surface area contributed by atoms with Gasteiger partial charge in [0.25, 0.3) is 0 Å². The van der Waals surface area contributed by atoms with Gasteiger partial charge in [0.15, 0.2) is 10.1 Å². The minimum absolute atomic E-state index is 0. The number of benzene rings is 6. The van der Waals surface area contributed by atoms with E-state index >= 15 is 0 Å². The van der Waals surface area contributed by atoms with Gasteiger partial charge in [-0.15, -0.1) is 24.8 Å². The van der Waals surface area contributed by atoms with Gasteiger partial charge in [-0.2, -0.15) is 0 Å². The number of halogens is 4. The van der Waals surface area contributed by atoms with E-state index in [0.29, 0.717) is 16.9 Å². The van der Waals surface area contributed by atoms with E-state index < -0.39 is 52.5 Å². The number of nitrogens with zero attached hydrogens (tertiary/aromatic N) is 2. The molecule has 0 aliphatic heterocycles. The number of rotatable bonds is 6. The van der Waals surface area contributed by atoms with Crippen molar-refractivity contribution in [3.05, 3.63) is 192 Å². The molecule has 6 aromatic carbocycles. The van der Waals surface area contributed by atoms with Gasteiger partial charge < -0.3 is 9.73 Å². The smallest absolute Gasteiger partial charge is 0.337 e. The van der Waals surface area contributed by atoms with Crippen LogP contribution in [0.4, 0.5) is 0 Å². The molecule has 83 heavy (non-hydrogen) atoms. The van der Waals surface area contributed by atoms with Crippen molar-refractivity contribution >= 4 is 98.9 Å². The summed E-state index contributed by atoms with van der Waals surface area (Å²) in [7, 11) is -15.5. The van der Waals surface area contributed by atoms with Gasteiger partial charge in [0.1, 0.15) is 19.3 Å². The molecule has 16 nitrogen and oxygen atoms in total. The van der Waals surface area contributed by atoms with Crippen LogP contribution in [0.15, 0.2) is 156 Å². The lowest BCUT2D eigenvalue weighted by Crippen LogP contribution is -2.15. The maximum Gasteiger partial charge on any atom is 0.337 e. The van der Waals surface area contributed by atoms with Gasteiger partial charge in [0, 0.05) is 39.2 Å². The molecular weight excluding hydrogens is 1280 g/mol. The average molecular weight is 1350 g/mol. The summed E-state index contributed by atoms with van der Waals surface area (Å²) in [4.78, 5) is 0.333. The Balaban J connectivity index is -0.000000960. The molecule has 0 saturated heterocycles. The number of hydrogen-bond donors (Lipinski definition) is 4. The van der Waals surface area contributed by atoms with Crippen LogP contribution in [0.5, 0.6) is 0 Å². The van der Waals surface area contributed by atoms with E-state index in [1.54, 1.807) is 24.3 Å². The Morgan fingerprint density at radius 2 is 0.855 bits per heavy atom. The Morgan fingerprint density at radius 3 is 1.13 bits per heavy atom. The predicted octanol–water partition coefficient (Wildman–Crippen LogP) is 13.1. The van der Waals surface area contributed by atoms with Crippen molar-refractivity contribution in [2.45, 2.75) is 99.9 Å². The van der Waals surface area contributed by atoms with Crippen molar-refractivity contribution < 1.29 is 39.6 Å². The SMILES string of the molecule is C.C.C#C[Si](C)(C)C.C#Cc1ccc(S(N)(=O)=O)cc1.C#Cc1ccc(S(N)(=O)=O)cc1.Cc1cc(C)c(-c2cc(-c3ccc(S(N)(=O)=O)cc3)on2)c(C)c1.Cc1cc(C)c(C#[N+][O-])c(C)c1.ClC(Cl)Cl.NS(=O)(=O)c1ccc(Br)cc1.[2HH]. The molecule has 7 rings (SSSR count). The van der Waals surface area contributed by atoms with Gasteiger partial charge in [0.2, 0.25) is 40.1 Å². The highest BCUT2D eigenvalue weighted by Gasteiger charge is 2.15. The number of hydrogen-bond acceptors (Lipinski definition) is 11. The number of aromatic nitrogens is 1. The Morgan fingerprint density at radius 1 is 0.566 bits per heavy atom. The van der Waals surface area contributed by atoms with Crippen LogP contribution in [0.3, 0.4) is 0 Å². The van der Waals surface area contributed by atoms with Crippen molar-refractivity contribution in [1.82, 2.24) is 5.16 Å². The van der Waals surface area contributed by atoms with E-state index in [0.717, 1.165) is 49.1 Å². The molecule has 0 radical (unpaired) electrons. The highest BCUT2D eigenvalue weighted by atomic mass is 79.9. The first-order valence-electron chi connectivity index (χ1n) is 23.0. The summed E-state index contributed by atoms with van der Waals surface area (Å²) in [5, 5.41) is 36.5. The first-order chi connectivity index (χ1) is 37.3. The fraction of sp³-hybridized carbons (Fsp3) is 0.207. The molecule has 0 aliphatic carbocycles. The van der Waals surface area contributed by atoms with Crippen LogP contribution in [-0.4, -0.2) is 51.2 Å². The van der Waals surface area contributed by atoms with E-state index in [1.165, 1.54) is 83.9 Å². The van der Waals surface area contributed by atoms with Crippen molar-refractivity contribution in [2.75, 3.05) is 0 Å². The van der Waals surface area contributed by atoms with E-state index in [4.69, 9.17) is 79.2 Å². The van der Waals surface area contributed by atoms with Crippen molar-refractivity contribution in [3.63, 3.8) is 0 Å². The minimum atomic E-state index is -3.70. The summed E-state index contributed by atoms with van der Waals surface area (Å²) in [6.45, 7) is 18.5. The number of aryl methyl sites for hydroxylation is 6. The molecule has 0 amide bonds. The second kappa shape index (κ2) is 35.8. The van der Waals surface area contributed by atoms with Crippen LogP contribution < -0.4 is 20.6 Å². The second-order valence-electron chi connectivity index (χ2n) is 18.0. The van der Waals surface area contributed by atoms with E-state index in [1.807, 2.05) is 52.8 Å². The van der Waals surface area contributed by atoms with Gasteiger partial charge >= 0.3 is 6.07 Å². The van der Waals surface area contributed by atoms with E-state index in [-0.39, 0.29) is 35.9 Å². The minimum Gasteiger partial charge on any atom is -0.498 e. The first kappa shape index (κ1) is 78.8. The highest BCUT2D eigenvalue weighted by Crippen LogP contribution is 2.31. The van der Waals surface area contributed by atoms with Crippen LogP contribution >= 0.6 is 50.7 Å². The maximum absolute atomic E-state index is 11.3. The Bertz CT molecular complexity index is 3780. The number of sulfonamides is 4. The number of primary sulfonamides is 4. The van der Waals surface area contributed by atoms with E-state index in [9.17, 15) is 38.9 Å². The summed E-state index contributed by atoms with van der Waals surface area (Å²) in [5.41, 5.74) is 14.1. The molecule has 7 aromatic rings. The normalized spacial score (nSPS) is 10.4. The highest BCUT2D eigenvalue weighted by molar-refractivity contribution is 9.10. The van der Waals surface area contributed by atoms with Crippen molar-refractivity contribution in [2.24, 2.45) is 20.6 Å². The zero-order valence-corrected chi connectivity index (χ0v) is 53.5. The van der Waals surface area contributed by atoms with Gasteiger partial charge in [-0.25, -0.2) is 54.2 Å². The van der Waals surface area contributed by atoms with Crippen molar-refractivity contribution in [1.29, 1.82) is 0 Å². The summed E-state index contributed by atoms with van der Waals surface area (Å²) in [6.07, 6.45) is 15.3. The monoisotopic (exact) mass is 1350 g/mol. The molecule has 0 atom stereocenters. The zero-order valence-electron chi connectivity index (χ0n) is 45.4. The lowest BCUT2D eigenvalue weighted by Gasteiger charge is -2.07. The fourth-order valence-electron chi connectivity index (χ4n) is 6.43. The molecule has 448 valence electrons. The fourth-order valence-corrected chi connectivity index (χ4v) is 8.76. The van der Waals surface area contributed by atoms with Crippen LogP contribution in [0, 0.1) is 89.5 Å². The van der Waals surface area contributed by atoms with Gasteiger partial charge in [-0.3, -0.25) is 0 Å². The predicted molar refractivity (Wildman–Crippen MR) is 349 cm³/mol. The Labute approximate surface area is 517 Å². The third-order valence-electron chi connectivity index (χ3n) is 10.0. The topological polar surface area (TPSA) is 294 Å². The summed E-state index contributed by atoms with van der Waals surface area (Å²) >= 11 is 17.6. The number of nitrogens with two attached hydrogens (primary N) is 4. The molecule has 1 heterocycles. The van der Waals surface area contributed by atoms with Crippen LogP contribution in [-0.2, 0) is 40.1 Å². The summed E-state index contributed by atoms with van der Waals surface area (Å²) in [6, 6.07) is 36.5. The maximum atomic E-state index is 11.3. The summed E-state index contributed by atoms with van der Waals surface area (Å²) in [5.74, 6) is 5.31. The molecular formula is C58H70BrCl3N6O10S4Si. The molecule has 8 N–H and O–H groups in total. The lowest BCUT2D eigenvalue weighted by atomic mass is 9.97. The van der Waals surface area contributed by atoms with Gasteiger partial charge in [-0.1, -0.05) is 138 Å². The zero-order chi connectivity index (χ0) is 62.3. The van der Waals surface area contributed by atoms with Crippen LogP contribution in [0.2, 0.25) is 19.6 Å². The molecule has 1 aromatic heterocycles. The molecule has 25 heteroatoms. The van der Waals surface area contributed by atoms with Crippen LogP contribution in [0.25, 0.3) is 27.6 Å². The van der Waals surface area contributed by atoms with Gasteiger partial charge in [-0.05, 0) is 161 Å². The summed E-state index contributed by atoms with van der Waals surface area (Å²) < 4.78 is 92.6. The average Bonchev–Trinajstić information content (AvgIpc) is 3.93. The number of terminal acetylenes is 3. The quantitative estimate of drug-likeness (QED) is 0.0525. The molecule has 0 spiro atoms. The lowest BCUT2D eigenvalue weighted by molar-refractivity contribution is 0.435. The van der Waals surface area contributed by atoms with E-state index in [2.05, 4.69) is 88.2 Å². The van der Waals surface area contributed by atoms with Crippen LogP contribution in [0.1, 0.15) is 66.4 Å². The third kappa shape index (κ3) is 30.2. The van der Waals surface area contributed by atoms with Gasteiger partial charge in [0.05, 0.1) is 19.6 Å². The molecule has 0 unspecified atom stereocenters. The Kier molecular flexibility index (Phi) is 33.9. The second-order valence-corrected chi connectivity index (χ2v) is 31.9. The first-order valence-corrected chi connectivity index (χ1v) is 34.8. The molecule has 0 saturated carbocycles. The number of alkyl halides is 3. The van der Waals surface area contributed by atoms with Crippen molar-refractivity contribution in [3.8, 4) is 65.3 Å². The standard InChI is InChI=1S/C18H18N2O3S.C10H11NO.2C8H7NO2S.C6H6BrNO2S.C5H10Si.CHCl3.2CH4.H2/c1-11-8-12(2)18(13(3)9-11)16-10-17(23-20-16)14-4-6-15(7-5-14)24(19,21)22;1-7-4-8(2)10(6-11-12)9(3)5-7;2*1-2-7-3-5-8(6-4-7)12(9,10)11;7-5-1-3-6(4-2-5)11(8,9)10;1-5-6(2,3)4;2-1(3)4;;;/h4-10H,1-3H3,(H2,19,21,22);4-5H,1-3H3;2*1,3-6H,(H2,9,10,11);1-4H,(H2,8,9,10);1H,2-4H3;1H;2*1H4;1H/i;;;;;;;;;1+1. The molecule has 0 bridgehead atoms.